The van der Waals surface area contributed by atoms with Crippen LogP contribution in [0.15, 0.2) is 41.8 Å². The van der Waals surface area contributed by atoms with Crippen molar-refractivity contribution in [1.29, 1.82) is 0 Å². The number of thiocarbonyl (C=S) groups is 1. The summed E-state index contributed by atoms with van der Waals surface area (Å²) in [6.45, 7) is 0. The van der Waals surface area contributed by atoms with Gasteiger partial charge in [0.05, 0.1) is 10.4 Å². The molecule has 2 rings (SSSR count). The molecule has 0 atom stereocenters. The van der Waals surface area contributed by atoms with Crippen molar-refractivity contribution in [2.24, 2.45) is 0 Å². The van der Waals surface area contributed by atoms with E-state index in [2.05, 4.69) is 10.6 Å². The predicted octanol–water partition coefficient (Wildman–Crippen LogP) is 3.89. The second-order valence-corrected chi connectivity index (χ2v) is 5.32. The number of benzene rings is 1. The first-order valence-electron chi connectivity index (χ1n) is 5.69. The van der Waals surface area contributed by atoms with E-state index in [1.807, 2.05) is 0 Å². The summed E-state index contributed by atoms with van der Waals surface area (Å²) in [5.74, 6) is -0.366. The molecule has 1 amide bonds. The lowest BCUT2D eigenvalue weighted by Gasteiger charge is -2.10. The zero-order valence-electron chi connectivity index (χ0n) is 10.4. The second kappa shape index (κ2) is 6.23. The number of rotatable bonds is 2. The van der Waals surface area contributed by atoms with E-state index in [9.17, 15) is 18.0 Å². The van der Waals surface area contributed by atoms with Crippen molar-refractivity contribution >= 4 is 40.3 Å². The van der Waals surface area contributed by atoms with Gasteiger partial charge in [0.2, 0.25) is 0 Å². The summed E-state index contributed by atoms with van der Waals surface area (Å²) in [5, 5.41) is 6.87. The molecule has 0 aliphatic rings. The fourth-order valence-corrected chi connectivity index (χ4v) is 2.31. The van der Waals surface area contributed by atoms with Gasteiger partial charge in [-0.1, -0.05) is 6.07 Å². The van der Waals surface area contributed by atoms with Crippen molar-refractivity contribution in [3.8, 4) is 0 Å². The minimum atomic E-state index is -4.38. The molecule has 0 aliphatic carbocycles. The van der Waals surface area contributed by atoms with Gasteiger partial charge in [0.1, 0.15) is 0 Å². The van der Waals surface area contributed by atoms with Crippen molar-refractivity contribution in [3.63, 3.8) is 0 Å². The molecule has 2 aromatic rings. The van der Waals surface area contributed by atoms with Crippen LogP contribution in [0.3, 0.4) is 0 Å². The number of carbonyl (C=O) groups is 1. The van der Waals surface area contributed by atoms with Gasteiger partial charge < -0.3 is 5.32 Å². The smallest absolute Gasteiger partial charge is 0.332 e. The molecule has 0 saturated heterocycles. The van der Waals surface area contributed by atoms with Gasteiger partial charge in [-0.2, -0.15) is 13.2 Å². The second-order valence-electron chi connectivity index (χ2n) is 3.96. The molecule has 0 saturated carbocycles. The number of hydrogen-bond donors (Lipinski definition) is 2. The fraction of sp³-hybridized carbons (Fsp3) is 0.0769. The summed E-state index contributed by atoms with van der Waals surface area (Å²) >= 11 is 6.19. The summed E-state index contributed by atoms with van der Waals surface area (Å²) in [5.41, 5.74) is -0.388. The molecule has 0 spiro atoms. The summed E-state index contributed by atoms with van der Waals surface area (Å²) in [6.07, 6.45) is -4.38. The number of thiophene rings is 1. The van der Waals surface area contributed by atoms with E-state index in [4.69, 9.17) is 12.2 Å². The van der Waals surface area contributed by atoms with E-state index in [0.29, 0.717) is 10.6 Å². The fourth-order valence-electron chi connectivity index (χ4n) is 1.48. The molecule has 0 unspecified atom stereocenters. The molecule has 0 aliphatic heterocycles. The standard InChI is InChI=1S/C13H9F3N2OS2/c14-13(15,16)8-3-5-9(6-4-8)17-12(20)18-11(19)10-2-1-7-21-10/h1-7H,(H2,17,18,19,20). The zero-order valence-corrected chi connectivity index (χ0v) is 12.0. The summed E-state index contributed by atoms with van der Waals surface area (Å²) < 4.78 is 37.2. The average molecular weight is 330 g/mol. The first-order valence-corrected chi connectivity index (χ1v) is 6.98. The number of amides is 1. The maximum Gasteiger partial charge on any atom is 0.416 e. The van der Waals surface area contributed by atoms with Crippen LogP contribution in [-0.4, -0.2) is 11.0 Å². The molecule has 1 heterocycles. The molecule has 0 bridgehead atoms. The van der Waals surface area contributed by atoms with Gasteiger partial charge in [-0.05, 0) is 47.9 Å². The van der Waals surface area contributed by atoms with Crippen LogP contribution in [0.1, 0.15) is 15.2 Å². The first kappa shape index (κ1) is 15.5. The summed E-state index contributed by atoms with van der Waals surface area (Å²) in [6, 6.07) is 7.73. The molecule has 21 heavy (non-hydrogen) atoms. The van der Waals surface area contributed by atoms with Crippen LogP contribution in [0.4, 0.5) is 18.9 Å². The third-order valence-corrected chi connectivity index (χ3v) is 3.51. The number of alkyl halides is 3. The van der Waals surface area contributed by atoms with E-state index >= 15 is 0 Å². The number of anilines is 1. The number of nitrogens with one attached hydrogen (secondary N) is 2. The molecule has 110 valence electrons. The van der Waals surface area contributed by atoms with Crippen LogP contribution >= 0.6 is 23.6 Å². The Kier molecular flexibility index (Phi) is 4.59. The van der Waals surface area contributed by atoms with E-state index in [1.165, 1.54) is 23.5 Å². The highest BCUT2D eigenvalue weighted by Crippen LogP contribution is 2.29. The van der Waals surface area contributed by atoms with Crippen LogP contribution in [-0.2, 0) is 6.18 Å². The SMILES string of the molecule is O=C(NC(=S)Nc1ccc(C(F)(F)F)cc1)c1cccs1. The van der Waals surface area contributed by atoms with E-state index in [1.54, 1.807) is 17.5 Å². The quantitative estimate of drug-likeness (QED) is 0.821. The third kappa shape index (κ3) is 4.27. The summed E-state index contributed by atoms with van der Waals surface area (Å²) in [7, 11) is 0. The Bertz CT molecular complexity index is 636. The van der Waals surface area contributed by atoms with Gasteiger partial charge in [0, 0.05) is 5.69 Å². The maximum absolute atomic E-state index is 12.4. The highest BCUT2D eigenvalue weighted by atomic mass is 32.1. The highest BCUT2D eigenvalue weighted by Gasteiger charge is 2.29. The molecule has 3 nitrogen and oxygen atoms in total. The van der Waals surface area contributed by atoms with Crippen LogP contribution in [0.25, 0.3) is 0 Å². The average Bonchev–Trinajstić information content (AvgIpc) is 2.92. The molecule has 0 radical (unpaired) electrons. The maximum atomic E-state index is 12.4. The van der Waals surface area contributed by atoms with Crippen LogP contribution < -0.4 is 10.6 Å². The molecular weight excluding hydrogens is 321 g/mol. The lowest BCUT2D eigenvalue weighted by molar-refractivity contribution is -0.137. The van der Waals surface area contributed by atoms with Crippen molar-refractivity contribution < 1.29 is 18.0 Å². The monoisotopic (exact) mass is 330 g/mol. The first-order chi connectivity index (χ1) is 9.86. The summed E-state index contributed by atoms with van der Waals surface area (Å²) in [4.78, 5) is 12.2. The van der Waals surface area contributed by atoms with E-state index in [-0.39, 0.29) is 11.0 Å². The largest absolute Gasteiger partial charge is 0.416 e. The minimum Gasteiger partial charge on any atom is -0.332 e. The van der Waals surface area contributed by atoms with Crippen LogP contribution in [0.5, 0.6) is 0 Å². The predicted molar refractivity (Wildman–Crippen MR) is 79.4 cm³/mol. The van der Waals surface area contributed by atoms with Crippen molar-refractivity contribution in [2.75, 3.05) is 5.32 Å². The molecule has 0 fully saturated rings. The Morgan fingerprint density at radius 3 is 2.33 bits per heavy atom. The Morgan fingerprint density at radius 1 is 1.14 bits per heavy atom. The molecule has 1 aromatic carbocycles. The van der Waals surface area contributed by atoms with Gasteiger partial charge in [-0.15, -0.1) is 11.3 Å². The number of carbonyl (C=O) groups excluding carboxylic acids is 1. The van der Waals surface area contributed by atoms with Crippen molar-refractivity contribution in [3.05, 3.63) is 52.2 Å². The Morgan fingerprint density at radius 2 is 1.81 bits per heavy atom. The molecular formula is C13H9F3N2OS2. The van der Waals surface area contributed by atoms with Crippen molar-refractivity contribution in [1.82, 2.24) is 5.32 Å². The molecule has 1 aromatic heterocycles. The number of hydrogen-bond acceptors (Lipinski definition) is 3. The van der Waals surface area contributed by atoms with Gasteiger partial charge in [0.15, 0.2) is 5.11 Å². The highest BCUT2D eigenvalue weighted by molar-refractivity contribution is 7.80. The molecule has 8 heteroatoms. The topological polar surface area (TPSA) is 41.1 Å². The lowest BCUT2D eigenvalue weighted by atomic mass is 10.2. The van der Waals surface area contributed by atoms with Gasteiger partial charge in [-0.3, -0.25) is 10.1 Å². The zero-order chi connectivity index (χ0) is 15.5. The van der Waals surface area contributed by atoms with Gasteiger partial charge in [-0.25, -0.2) is 0 Å². The van der Waals surface area contributed by atoms with Crippen LogP contribution in [0, 0.1) is 0 Å². The van der Waals surface area contributed by atoms with E-state index < -0.39 is 11.7 Å². The third-order valence-electron chi connectivity index (χ3n) is 2.44. The Balaban J connectivity index is 1.95. The molecule has 2 N–H and O–H groups in total. The lowest BCUT2D eigenvalue weighted by Crippen LogP contribution is -2.33. The number of halogens is 3. The normalized spacial score (nSPS) is 11.0. The minimum absolute atomic E-state index is 0.0214. The van der Waals surface area contributed by atoms with Gasteiger partial charge >= 0.3 is 6.18 Å². The van der Waals surface area contributed by atoms with Crippen LogP contribution in [0.2, 0.25) is 0 Å². The Hall–Kier alpha value is -1.93. The van der Waals surface area contributed by atoms with E-state index in [0.717, 1.165) is 12.1 Å². The van der Waals surface area contributed by atoms with Gasteiger partial charge in [0.25, 0.3) is 5.91 Å². The Labute approximate surface area is 127 Å². The van der Waals surface area contributed by atoms with Crippen molar-refractivity contribution in [2.45, 2.75) is 6.18 Å².